The van der Waals surface area contributed by atoms with Crippen molar-refractivity contribution in [3.63, 3.8) is 0 Å². The van der Waals surface area contributed by atoms with Crippen molar-refractivity contribution in [2.75, 3.05) is 25.8 Å². The molecule has 2 fully saturated rings. The topological polar surface area (TPSA) is 164 Å². The Morgan fingerprint density at radius 3 is 2.66 bits per heavy atom. The lowest BCUT2D eigenvalue weighted by Gasteiger charge is -2.44. The molecule has 4 aliphatic rings. The molecule has 2 aromatic rings. The molecule has 1 aromatic carbocycles. The SMILES string of the molecule is COc1ccc(CN2C(=O)C(C3=NS(=O)(=O)c4c(CNS(C)(=O)=O)csc4N3)=C(O)[C@@H]3[C@@H]4CC[C@@H](C4)[C@@H]32)c(OC)c1. The maximum atomic E-state index is 14.2. The number of aliphatic hydroxyl groups excluding tert-OH is 1. The highest BCUT2D eigenvalue weighted by molar-refractivity contribution is 7.91. The van der Waals surface area contributed by atoms with E-state index >= 15 is 0 Å². The maximum Gasteiger partial charge on any atom is 0.287 e. The van der Waals surface area contributed by atoms with E-state index in [-0.39, 0.29) is 69.5 Å². The number of nitrogens with one attached hydrogen (secondary N) is 2. The predicted molar refractivity (Wildman–Crippen MR) is 152 cm³/mol. The van der Waals surface area contributed by atoms with Gasteiger partial charge in [-0.25, -0.2) is 13.1 Å². The van der Waals surface area contributed by atoms with E-state index in [0.717, 1.165) is 42.4 Å². The Bertz CT molecular complexity index is 1710. The highest BCUT2D eigenvalue weighted by Crippen LogP contribution is 2.55. The van der Waals surface area contributed by atoms with E-state index in [1.165, 1.54) is 12.5 Å². The average molecular weight is 623 g/mol. The van der Waals surface area contributed by atoms with E-state index in [9.17, 15) is 26.7 Å². The number of ether oxygens (including phenoxy) is 2. The van der Waals surface area contributed by atoms with E-state index in [1.54, 1.807) is 24.1 Å². The quantitative estimate of drug-likeness (QED) is 0.402. The van der Waals surface area contributed by atoms with Crippen LogP contribution < -0.4 is 19.5 Å². The fourth-order valence-corrected chi connectivity index (χ4v) is 9.73. The lowest BCUT2D eigenvalue weighted by molar-refractivity contribution is -0.134. The van der Waals surface area contributed by atoms with Gasteiger partial charge in [0.05, 0.1) is 20.5 Å². The molecule has 220 valence electrons. The van der Waals surface area contributed by atoms with Gasteiger partial charge in [0.1, 0.15) is 32.7 Å². The first-order chi connectivity index (χ1) is 19.4. The summed E-state index contributed by atoms with van der Waals surface area (Å²) in [7, 11) is -4.79. The van der Waals surface area contributed by atoms with E-state index in [1.807, 2.05) is 6.07 Å². The number of methoxy groups -OCH3 is 2. The molecule has 0 radical (unpaired) electrons. The van der Waals surface area contributed by atoms with Crippen LogP contribution >= 0.6 is 11.3 Å². The van der Waals surface area contributed by atoms with E-state index in [2.05, 4.69) is 14.4 Å². The first kappa shape index (κ1) is 28.0. The highest BCUT2D eigenvalue weighted by Gasteiger charge is 2.57. The van der Waals surface area contributed by atoms with E-state index < -0.39 is 26.0 Å². The molecule has 0 spiro atoms. The zero-order valence-electron chi connectivity index (χ0n) is 22.6. The fourth-order valence-electron chi connectivity index (χ4n) is 6.70. The Morgan fingerprint density at radius 2 is 1.95 bits per heavy atom. The number of hydrogen-bond donors (Lipinski definition) is 3. The number of aliphatic hydroxyl groups is 1. The van der Waals surface area contributed by atoms with Gasteiger partial charge < -0.3 is 24.8 Å². The summed E-state index contributed by atoms with van der Waals surface area (Å²) in [6.45, 7) is -0.0354. The molecule has 2 saturated carbocycles. The van der Waals surface area contributed by atoms with Gasteiger partial charge in [0.15, 0.2) is 5.84 Å². The number of carbonyl (C=O) groups excluding carboxylic acids is 1. The molecule has 3 heterocycles. The van der Waals surface area contributed by atoms with Gasteiger partial charge in [-0.1, -0.05) is 0 Å². The lowest BCUT2D eigenvalue weighted by Crippen LogP contribution is -2.53. The van der Waals surface area contributed by atoms with Gasteiger partial charge in [-0.05, 0) is 48.6 Å². The van der Waals surface area contributed by atoms with Gasteiger partial charge in [-0.3, -0.25) is 4.79 Å². The van der Waals surface area contributed by atoms with Gasteiger partial charge in [-0.2, -0.15) is 8.42 Å². The molecule has 0 saturated heterocycles. The molecular weight excluding hydrogens is 593 g/mol. The number of nitrogens with zero attached hydrogens (tertiary/aromatic N) is 2. The van der Waals surface area contributed by atoms with Crippen LogP contribution in [0.1, 0.15) is 30.4 Å². The Morgan fingerprint density at radius 1 is 1.20 bits per heavy atom. The van der Waals surface area contributed by atoms with Gasteiger partial charge in [0.25, 0.3) is 15.9 Å². The van der Waals surface area contributed by atoms with Crippen LogP contribution in [0, 0.1) is 17.8 Å². The molecule has 2 aliphatic carbocycles. The highest BCUT2D eigenvalue weighted by atomic mass is 32.2. The van der Waals surface area contributed by atoms with Crippen molar-refractivity contribution in [2.45, 2.75) is 43.3 Å². The average Bonchev–Trinajstić information content (AvgIpc) is 3.64. The Hall–Kier alpha value is -3.14. The number of anilines is 1. The van der Waals surface area contributed by atoms with Gasteiger partial charge in [0.2, 0.25) is 10.0 Å². The maximum absolute atomic E-state index is 14.2. The second-order valence-corrected chi connectivity index (χ2v) is 15.0. The third-order valence-electron chi connectivity index (χ3n) is 8.39. The second kappa shape index (κ2) is 10.00. The number of amidine groups is 1. The first-order valence-corrected chi connectivity index (χ1v) is 17.2. The zero-order chi connectivity index (χ0) is 29.3. The largest absolute Gasteiger partial charge is 0.511 e. The predicted octanol–water partition coefficient (Wildman–Crippen LogP) is 2.60. The van der Waals surface area contributed by atoms with Crippen molar-refractivity contribution >= 4 is 48.1 Å². The number of fused-ring (bicyclic) bond motifs is 6. The molecule has 12 nitrogen and oxygen atoms in total. The second-order valence-electron chi connectivity index (χ2n) is 10.8. The van der Waals surface area contributed by atoms with Crippen molar-refractivity contribution in [2.24, 2.45) is 22.2 Å². The van der Waals surface area contributed by atoms with E-state index in [0.29, 0.717) is 11.5 Å². The van der Waals surface area contributed by atoms with Gasteiger partial charge in [0, 0.05) is 42.2 Å². The minimum atomic E-state index is -4.32. The molecule has 2 aliphatic heterocycles. The van der Waals surface area contributed by atoms with Crippen molar-refractivity contribution in [1.29, 1.82) is 0 Å². The molecule has 4 atom stereocenters. The van der Waals surface area contributed by atoms with Crippen LogP contribution in [0.5, 0.6) is 11.5 Å². The molecule has 6 rings (SSSR count). The molecule has 1 amide bonds. The summed E-state index contributed by atoms with van der Waals surface area (Å²) in [6.07, 6.45) is 3.73. The van der Waals surface area contributed by atoms with Crippen LogP contribution in [0.25, 0.3) is 0 Å². The smallest absolute Gasteiger partial charge is 0.287 e. The minimum absolute atomic E-state index is 0.134. The number of thiophene rings is 1. The fraction of sp³-hybridized carbons (Fsp3) is 0.462. The number of hydrogen-bond acceptors (Lipinski definition) is 10. The summed E-state index contributed by atoms with van der Waals surface area (Å²) >= 11 is 1.05. The monoisotopic (exact) mass is 622 g/mol. The van der Waals surface area contributed by atoms with Crippen LogP contribution in [0.4, 0.5) is 5.00 Å². The summed E-state index contributed by atoms with van der Waals surface area (Å²) in [5.74, 6) is 0.317. The molecule has 0 unspecified atom stereocenters. The number of amides is 1. The third kappa shape index (κ3) is 4.77. The Balaban J connectivity index is 1.39. The Labute approximate surface area is 242 Å². The summed E-state index contributed by atoms with van der Waals surface area (Å²) in [6, 6.07) is 5.12. The summed E-state index contributed by atoms with van der Waals surface area (Å²) in [5.41, 5.74) is 0.823. The van der Waals surface area contributed by atoms with Crippen molar-refractivity contribution in [1.82, 2.24) is 9.62 Å². The van der Waals surface area contributed by atoms with E-state index in [4.69, 9.17) is 9.47 Å². The molecule has 15 heteroatoms. The molecular formula is C26H30N4O8S3. The number of benzene rings is 1. The molecule has 3 N–H and O–H groups in total. The van der Waals surface area contributed by atoms with Gasteiger partial charge >= 0.3 is 0 Å². The van der Waals surface area contributed by atoms with Crippen LogP contribution in [-0.4, -0.2) is 65.1 Å². The van der Waals surface area contributed by atoms with Crippen molar-refractivity contribution in [3.05, 3.63) is 46.0 Å². The van der Waals surface area contributed by atoms with Crippen LogP contribution in [-0.2, 0) is 37.9 Å². The summed E-state index contributed by atoms with van der Waals surface area (Å²) < 4.78 is 67.0. The number of rotatable bonds is 8. The standard InChI is InChI=1S/C26H30N4O8S3/c1-37-17-7-6-15(18(9-17)38-2)11-30-21-14-5-4-13(8-14)19(21)22(31)20(26(30)32)24-28-25-23(41(35,36)29-24)16(12-39-25)10-27-40(3,33)34/h6-7,9,12-14,19,21,27,31H,4-5,8,10-11H2,1-3H3,(H,28,29)/t13-,14+,19-,21+/m1/s1. The number of carbonyl (C=O) groups is 1. The Kier molecular flexibility index (Phi) is 6.83. The first-order valence-electron chi connectivity index (χ1n) is 13.0. The lowest BCUT2D eigenvalue weighted by atomic mass is 9.77. The molecule has 41 heavy (non-hydrogen) atoms. The molecule has 2 bridgehead atoms. The normalized spacial score (nSPS) is 26.4. The summed E-state index contributed by atoms with van der Waals surface area (Å²) in [5, 5.41) is 16.2. The zero-order valence-corrected chi connectivity index (χ0v) is 25.0. The molecule has 1 aromatic heterocycles. The minimum Gasteiger partial charge on any atom is -0.511 e. The van der Waals surface area contributed by atoms with Crippen molar-refractivity contribution in [3.8, 4) is 11.5 Å². The third-order valence-corrected chi connectivity index (χ3v) is 11.5. The summed E-state index contributed by atoms with van der Waals surface area (Å²) in [4.78, 5) is 15.7. The van der Waals surface area contributed by atoms with Crippen LogP contribution in [0.15, 0.2) is 44.2 Å². The van der Waals surface area contributed by atoms with Crippen LogP contribution in [0.2, 0.25) is 0 Å². The van der Waals surface area contributed by atoms with Crippen LogP contribution in [0.3, 0.4) is 0 Å². The number of sulfonamides is 2. The van der Waals surface area contributed by atoms with Gasteiger partial charge in [-0.15, -0.1) is 15.7 Å². The van der Waals surface area contributed by atoms with Crippen molar-refractivity contribution < 1.29 is 36.2 Å².